The molecule has 2 rings (SSSR count). The zero-order chi connectivity index (χ0) is 15.9. The van der Waals surface area contributed by atoms with Gasteiger partial charge in [0.1, 0.15) is 0 Å². The Kier molecular flexibility index (Phi) is 5.65. The number of tetrazole rings is 1. The number of hydrogen-bond acceptors (Lipinski definition) is 6. The van der Waals surface area contributed by atoms with Crippen molar-refractivity contribution in [2.24, 2.45) is 0 Å². The van der Waals surface area contributed by atoms with E-state index in [1.54, 1.807) is 28.9 Å². The Hall–Kier alpha value is -2.22. The van der Waals surface area contributed by atoms with Crippen LogP contribution in [-0.4, -0.2) is 37.7 Å². The van der Waals surface area contributed by atoms with E-state index in [0.717, 1.165) is 13.0 Å². The lowest BCUT2D eigenvalue weighted by Crippen LogP contribution is -2.15. The van der Waals surface area contributed by atoms with Gasteiger partial charge in [0.2, 0.25) is 11.1 Å². The molecule has 0 aliphatic rings. The van der Waals surface area contributed by atoms with Crippen LogP contribution in [0.4, 0.5) is 5.69 Å². The van der Waals surface area contributed by atoms with Crippen LogP contribution >= 0.6 is 11.8 Å². The van der Waals surface area contributed by atoms with Gasteiger partial charge in [-0.15, -0.1) is 5.10 Å². The smallest absolute Gasteiger partial charge is 0.234 e. The molecule has 0 aliphatic heterocycles. The number of Topliss-reactive ketones (excluding diaryl/α,β-unsaturated/α-hetero) is 1. The van der Waals surface area contributed by atoms with Gasteiger partial charge in [-0.25, -0.2) is 4.68 Å². The number of hydrogen-bond donors (Lipinski definition) is 1. The molecular formula is C14H17N5O2S. The number of rotatable bonds is 7. The van der Waals surface area contributed by atoms with Crippen molar-refractivity contribution in [3.05, 3.63) is 29.8 Å². The first-order valence-corrected chi connectivity index (χ1v) is 7.88. The Labute approximate surface area is 132 Å². The summed E-state index contributed by atoms with van der Waals surface area (Å²) in [5.74, 6) is -0.00467. The molecule has 0 radical (unpaired) electrons. The SMILES string of the molecule is CCCn1nnnc1SCC(=O)Nc1cccc(C(C)=O)c1. The molecule has 0 saturated heterocycles. The Balaban J connectivity index is 1.91. The van der Waals surface area contributed by atoms with Gasteiger partial charge in [-0.2, -0.15) is 0 Å². The average Bonchev–Trinajstić information content (AvgIpc) is 2.93. The van der Waals surface area contributed by atoms with Crippen molar-refractivity contribution in [3.63, 3.8) is 0 Å². The quantitative estimate of drug-likeness (QED) is 0.620. The number of nitrogens with zero attached hydrogens (tertiary/aromatic N) is 4. The molecule has 1 N–H and O–H groups in total. The molecule has 1 aromatic carbocycles. The van der Waals surface area contributed by atoms with Crippen LogP contribution in [0.3, 0.4) is 0 Å². The van der Waals surface area contributed by atoms with Crippen molar-refractivity contribution >= 4 is 29.1 Å². The molecule has 22 heavy (non-hydrogen) atoms. The van der Waals surface area contributed by atoms with Gasteiger partial charge in [0, 0.05) is 17.8 Å². The van der Waals surface area contributed by atoms with Gasteiger partial charge in [0.15, 0.2) is 5.78 Å². The summed E-state index contributed by atoms with van der Waals surface area (Å²) in [4.78, 5) is 23.3. The lowest BCUT2D eigenvalue weighted by Gasteiger charge is -2.06. The summed E-state index contributed by atoms with van der Waals surface area (Å²) >= 11 is 1.28. The number of thioether (sulfide) groups is 1. The molecule has 0 bridgehead atoms. The molecule has 1 aromatic heterocycles. The fourth-order valence-corrected chi connectivity index (χ4v) is 2.50. The van der Waals surface area contributed by atoms with Crippen LogP contribution in [0, 0.1) is 0 Å². The summed E-state index contributed by atoms with van der Waals surface area (Å²) in [7, 11) is 0. The predicted molar refractivity (Wildman–Crippen MR) is 83.9 cm³/mol. The van der Waals surface area contributed by atoms with Gasteiger partial charge >= 0.3 is 0 Å². The molecule has 1 heterocycles. The van der Waals surface area contributed by atoms with Gasteiger partial charge in [-0.05, 0) is 35.9 Å². The highest BCUT2D eigenvalue weighted by molar-refractivity contribution is 7.99. The molecule has 2 aromatic rings. The van der Waals surface area contributed by atoms with Crippen molar-refractivity contribution < 1.29 is 9.59 Å². The Morgan fingerprint density at radius 3 is 2.91 bits per heavy atom. The first-order chi connectivity index (χ1) is 10.6. The van der Waals surface area contributed by atoms with Gasteiger partial charge in [-0.1, -0.05) is 30.8 Å². The monoisotopic (exact) mass is 319 g/mol. The normalized spacial score (nSPS) is 10.5. The van der Waals surface area contributed by atoms with E-state index in [9.17, 15) is 9.59 Å². The zero-order valence-electron chi connectivity index (χ0n) is 12.4. The van der Waals surface area contributed by atoms with E-state index in [2.05, 4.69) is 20.8 Å². The highest BCUT2D eigenvalue weighted by Crippen LogP contribution is 2.16. The number of benzene rings is 1. The minimum absolute atomic E-state index is 0.0378. The van der Waals surface area contributed by atoms with Crippen LogP contribution in [0.15, 0.2) is 29.4 Å². The molecule has 0 saturated carbocycles. The number of aromatic nitrogens is 4. The second-order valence-electron chi connectivity index (χ2n) is 4.66. The Morgan fingerprint density at radius 2 is 2.18 bits per heavy atom. The Bertz CT molecular complexity index is 671. The summed E-state index contributed by atoms with van der Waals surface area (Å²) in [5, 5.41) is 14.7. The molecular weight excluding hydrogens is 302 g/mol. The van der Waals surface area contributed by atoms with Crippen LogP contribution < -0.4 is 5.32 Å². The standard InChI is InChI=1S/C14H17N5O2S/c1-3-7-19-14(16-17-18-19)22-9-13(21)15-12-6-4-5-11(8-12)10(2)20/h4-6,8H,3,7,9H2,1-2H3,(H,15,21). The van der Waals surface area contributed by atoms with E-state index in [1.165, 1.54) is 18.7 Å². The lowest BCUT2D eigenvalue weighted by atomic mass is 10.1. The molecule has 0 spiro atoms. The second kappa shape index (κ2) is 7.69. The molecule has 0 atom stereocenters. The number of ketones is 1. The maximum Gasteiger partial charge on any atom is 0.234 e. The average molecular weight is 319 g/mol. The number of amides is 1. The molecule has 0 unspecified atom stereocenters. The van der Waals surface area contributed by atoms with E-state index in [1.807, 2.05) is 6.92 Å². The zero-order valence-corrected chi connectivity index (χ0v) is 13.3. The van der Waals surface area contributed by atoms with Crippen LogP contribution in [0.5, 0.6) is 0 Å². The topological polar surface area (TPSA) is 89.8 Å². The number of carbonyl (C=O) groups is 2. The lowest BCUT2D eigenvalue weighted by molar-refractivity contribution is -0.113. The van der Waals surface area contributed by atoms with Gasteiger partial charge in [0.05, 0.1) is 5.75 Å². The van der Waals surface area contributed by atoms with Gasteiger partial charge in [-0.3, -0.25) is 9.59 Å². The molecule has 0 aliphatic carbocycles. The third-order valence-corrected chi connectivity index (χ3v) is 3.78. The summed E-state index contributed by atoms with van der Waals surface area (Å²) < 4.78 is 1.67. The Morgan fingerprint density at radius 1 is 1.36 bits per heavy atom. The summed E-state index contributed by atoms with van der Waals surface area (Å²) in [6.45, 7) is 4.24. The highest BCUT2D eigenvalue weighted by Gasteiger charge is 2.10. The summed E-state index contributed by atoms with van der Waals surface area (Å²) in [6, 6.07) is 6.86. The van der Waals surface area contributed by atoms with Crippen LogP contribution in [0.1, 0.15) is 30.6 Å². The van der Waals surface area contributed by atoms with Crippen LogP contribution in [-0.2, 0) is 11.3 Å². The van der Waals surface area contributed by atoms with E-state index < -0.39 is 0 Å². The summed E-state index contributed by atoms with van der Waals surface area (Å²) in [5.41, 5.74) is 1.17. The first-order valence-electron chi connectivity index (χ1n) is 6.90. The minimum atomic E-state index is -0.170. The molecule has 1 amide bonds. The van der Waals surface area contributed by atoms with E-state index >= 15 is 0 Å². The van der Waals surface area contributed by atoms with Crippen molar-refractivity contribution in [3.8, 4) is 0 Å². The highest BCUT2D eigenvalue weighted by atomic mass is 32.2. The van der Waals surface area contributed by atoms with Crippen LogP contribution in [0.25, 0.3) is 0 Å². The van der Waals surface area contributed by atoms with Crippen molar-refractivity contribution in [1.82, 2.24) is 20.2 Å². The van der Waals surface area contributed by atoms with Crippen molar-refractivity contribution in [1.29, 1.82) is 0 Å². The maximum atomic E-state index is 12.0. The minimum Gasteiger partial charge on any atom is -0.325 e. The molecule has 7 nitrogen and oxygen atoms in total. The van der Waals surface area contributed by atoms with Gasteiger partial charge < -0.3 is 5.32 Å². The third kappa shape index (κ3) is 4.39. The van der Waals surface area contributed by atoms with Gasteiger partial charge in [0.25, 0.3) is 0 Å². The van der Waals surface area contributed by atoms with E-state index in [4.69, 9.17) is 0 Å². The van der Waals surface area contributed by atoms with E-state index in [0.29, 0.717) is 16.4 Å². The third-order valence-electron chi connectivity index (χ3n) is 2.82. The van der Waals surface area contributed by atoms with Crippen molar-refractivity contribution in [2.45, 2.75) is 32.0 Å². The molecule has 0 fully saturated rings. The summed E-state index contributed by atoms with van der Waals surface area (Å²) in [6.07, 6.45) is 0.919. The molecule has 8 heteroatoms. The molecule has 116 valence electrons. The first kappa shape index (κ1) is 16.2. The predicted octanol–water partition coefficient (Wildman–Crippen LogP) is 2.02. The fourth-order valence-electron chi connectivity index (χ4n) is 1.80. The van der Waals surface area contributed by atoms with Crippen molar-refractivity contribution in [2.75, 3.05) is 11.1 Å². The number of carbonyl (C=O) groups excluding carboxylic acids is 2. The number of aryl methyl sites for hydroxylation is 1. The van der Waals surface area contributed by atoms with E-state index in [-0.39, 0.29) is 17.4 Å². The fraction of sp³-hybridized carbons (Fsp3) is 0.357. The number of nitrogens with one attached hydrogen (secondary N) is 1. The number of anilines is 1. The second-order valence-corrected chi connectivity index (χ2v) is 5.60. The maximum absolute atomic E-state index is 12.0. The largest absolute Gasteiger partial charge is 0.325 e. The van der Waals surface area contributed by atoms with Crippen LogP contribution in [0.2, 0.25) is 0 Å².